The molecule has 1 unspecified atom stereocenters. The monoisotopic (exact) mass is 566 g/mol. The Morgan fingerprint density at radius 1 is 1.19 bits per heavy atom. The Hall–Kier alpha value is -2.43. The van der Waals surface area contributed by atoms with Gasteiger partial charge in [0.25, 0.3) is 5.91 Å². The van der Waals surface area contributed by atoms with Crippen molar-refractivity contribution in [2.75, 3.05) is 25.6 Å². The molecule has 0 spiro atoms. The maximum absolute atomic E-state index is 13.1. The number of aliphatic hydroxyl groups is 1. The van der Waals surface area contributed by atoms with E-state index in [0.29, 0.717) is 57.6 Å². The van der Waals surface area contributed by atoms with Crippen LogP contribution in [0.25, 0.3) is 10.9 Å². The van der Waals surface area contributed by atoms with E-state index >= 15 is 0 Å². The minimum Gasteiger partial charge on any atom is -0.461 e. The van der Waals surface area contributed by atoms with Gasteiger partial charge in [0.05, 0.1) is 52.2 Å². The van der Waals surface area contributed by atoms with E-state index in [1.165, 1.54) is 0 Å². The van der Waals surface area contributed by atoms with Crippen molar-refractivity contribution < 1.29 is 28.4 Å². The molecule has 2 N–H and O–H groups in total. The van der Waals surface area contributed by atoms with Gasteiger partial charge in [-0.3, -0.25) is 13.8 Å². The number of esters is 1. The molecule has 4 rings (SSSR count). The second-order valence-electron chi connectivity index (χ2n) is 8.91. The lowest BCUT2D eigenvalue weighted by atomic mass is 10.1. The van der Waals surface area contributed by atoms with Gasteiger partial charge in [0.1, 0.15) is 17.6 Å². The Balaban J connectivity index is 1.42. The smallest absolute Gasteiger partial charge is 0.319 e. The van der Waals surface area contributed by atoms with Gasteiger partial charge < -0.3 is 24.5 Å². The SMILES string of the molecule is Cc1cc2c(cc(C(=O)NC(CO)c3ccc([S@@](=O)CC(=O)OC4CCOCC4)cc3)n2C)c(Cl)c1Cl. The van der Waals surface area contributed by atoms with E-state index < -0.39 is 28.7 Å². The highest BCUT2D eigenvalue weighted by atomic mass is 35.5. The first-order chi connectivity index (χ1) is 17.7. The van der Waals surface area contributed by atoms with Crippen LogP contribution >= 0.6 is 23.2 Å². The van der Waals surface area contributed by atoms with Gasteiger partial charge in [-0.25, -0.2) is 0 Å². The van der Waals surface area contributed by atoms with Gasteiger partial charge >= 0.3 is 5.97 Å². The fraction of sp³-hybridized carbons (Fsp3) is 0.385. The molecule has 0 saturated carbocycles. The van der Waals surface area contributed by atoms with Crippen LogP contribution in [0.3, 0.4) is 0 Å². The van der Waals surface area contributed by atoms with Crippen molar-refractivity contribution in [3.63, 3.8) is 0 Å². The molecular formula is C26H28Cl2N2O6S. The highest BCUT2D eigenvalue weighted by Crippen LogP contribution is 2.35. The quantitative estimate of drug-likeness (QED) is 0.398. The fourth-order valence-corrected chi connectivity index (χ4v) is 5.61. The van der Waals surface area contributed by atoms with E-state index in [2.05, 4.69) is 5.32 Å². The van der Waals surface area contributed by atoms with Crippen molar-refractivity contribution in [3.05, 3.63) is 63.3 Å². The van der Waals surface area contributed by atoms with Gasteiger partial charge in [0, 0.05) is 30.2 Å². The summed E-state index contributed by atoms with van der Waals surface area (Å²) in [6.45, 7) is 2.59. The summed E-state index contributed by atoms with van der Waals surface area (Å²) in [5.74, 6) is -1.16. The van der Waals surface area contributed by atoms with Crippen molar-refractivity contribution in [3.8, 4) is 0 Å². The second kappa shape index (κ2) is 12.0. The van der Waals surface area contributed by atoms with Gasteiger partial charge in [0.15, 0.2) is 0 Å². The maximum Gasteiger partial charge on any atom is 0.319 e. The number of ether oxygens (including phenoxy) is 2. The number of aliphatic hydroxyl groups excluding tert-OH is 1. The average molecular weight is 567 g/mol. The van der Waals surface area contributed by atoms with Crippen molar-refractivity contribution >= 4 is 56.8 Å². The highest BCUT2D eigenvalue weighted by molar-refractivity contribution is 7.85. The zero-order valence-electron chi connectivity index (χ0n) is 20.5. The molecule has 1 saturated heterocycles. The number of benzene rings is 2. The highest BCUT2D eigenvalue weighted by Gasteiger charge is 2.22. The van der Waals surface area contributed by atoms with Crippen LogP contribution in [0, 0.1) is 6.92 Å². The lowest BCUT2D eigenvalue weighted by Crippen LogP contribution is -2.32. The number of aryl methyl sites for hydroxylation is 2. The van der Waals surface area contributed by atoms with Crippen LogP contribution in [0.4, 0.5) is 0 Å². The van der Waals surface area contributed by atoms with Gasteiger partial charge in [-0.05, 0) is 42.3 Å². The van der Waals surface area contributed by atoms with Crippen LogP contribution in [0.2, 0.25) is 10.0 Å². The summed E-state index contributed by atoms with van der Waals surface area (Å²) < 4.78 is 25.0. The Morgan fingerprint density at radius 2 is 1.86 bits per heavy atom. The number of carbonyl (C=O) groups excluding carboxylic acids is 2. The van der Waals surface area contributed by atoms with Crippen molar-refractivity contribution in [2.24, 2.45) is 7.05 Å². The topological polar surface area (TPSA) is 107 Å². The molecule has 1 fully saturated rings. The molecule has 198 valence electrons. The number of halogens is 2. The third-order valence-electron chi connectivity index (χ3n) is 6.39. The van der Waals surface area contributed by atoms with E-state index in [4.69, 9.17) is 32.7 Å². The molecular weight excluding hydrogens is 539 g/mol. The van der Waals surface area contributed by atoms with Crippen LogP contribution in [-0.4, -0.2) is 57.4 Å². The number of hydrogen-bond acceptors (Lipinski definition) is 6. The molecule has 3 aromatic rings. The lowest BCUT2D eigenvalue weighted by molar-refractivity contribution is -0.149. The van der Waals surface area contributed by atoms with Crippen LogP contribution in [0.5, 0.6) is 0 Å². The third kappa shape index (κ3) is 6.18. The van der Waals surface area contributed by atoms with Gasteiger partial charge in [-0.15, -0.1) is 0 Å². The first-order valence-electron chi connectivity index (χ1n) is 11.8. The summed E-state index contributed by atoms with van der Waals surface area (Å²) in [5, 5.41) is 14.3. The summed E-state index contributed by atoms with van der Waals surface area (Å²) in [4.78, 5) is 25.7. The van der Waals surface area contributed by atoms with Crippen molar-refractivity contribution in [1.82, 2.24) is 9.88 Å². The number of carbonyl (C=O) groups is 2. The molecule has 11 heteroatoms. The van der Waals surface area contributed by atoms with E-state index in [0.717, 1.165) is 11.1 Å². The Morgan fingerprint density at radius 3 is 2.51 bits per heavy atom. The minimum absolute atomic E-state index is 0.201. The third-order valence-corrected chi connectivity index (χ3v) is 8.66. The number of amides is 1. The zero-order valence-corrected chi connectivity index (χ0v) is 22.8. The molecule has 0 bridgehead atoms. The van der Waals surface area contributed by atoms with Crippen molar-refractivity contribution in [2.45, 2.75) is 36.8 Å². The van der Waals surface area contributed by atoms with E-state index in [1.54, 1.807) is 41.9 Å². The standard InChI is InChI=1S/C26H28Cl2N2O6S/c1-15-11-21-19(25(28)24(15)27)12-22(30(21)2)26(33)29-20(13-31)16-3-5-18(6-4-16)37(34)14-23(32)36-17-7-9-35-10-8-17/h3-6,11-12,17,20,31H,7-10,13-14H2,1-2H3,(H,29,33)/t20?,37-/m0/s1. The zero-order chi connectivity index (χ0) is 26.7. The Labute approximate surface area is 227 Å². The van der Waals surface area contributed by atoms with Crippen LogP contribution in [0.15, 0.2) is 41.3 Å². The van der Waals surface area contributed by atoms with Gasteiger partial charge in [-0.2, -0.15) is 0 Å². The predicted octanol–water partition coefficient (Wildman–Crippen LogP) is 4.09. The Bertz CT molecular complexity index is 1340. The largest absolute Gasteiger partial charge is 0.461 e. The molecule has 1 aliphatic heterocycles. The summed E-state index contributed by atoms with van der Waals surface area (Å²) in [5.41, 5.74) is 2.55. The average Bonchev–Trinajstić information content (AvgIpc) is 3.22. The number of fused-ring (bicyclic) bond motifs is 1. The summed E-state index contributed by atoms with van der Waals surface area (Å²) in [7, 11) is 0.174. The Kier molecular flexibility index (Phi) is 8.92. The van der Waals surface area contributed by atoms with Crippen molar-refractivity contribution in [1.29, 1.82) is 0 Å². The van der Waals surface area contributed by atoms with Crippen LogP contribution in [-0.2, 0) is 32.1 Å². The molecule has 2 heterocycles. The van der Waals surface area contributed by atoms with Gasteiger partial charge in [0.2, 0.25) is 0 Å². The lowest BCUT2D eigenvalue weighted by Gasteiger charge is -2.22. The molecule has 37 heavy (non-hydrogen) atoms. The normalized spacial score (nSPS) is 15.9. The number of rotatable bonds is 8. The summed E-state index contributed by atoms with van der Waals surface area (Å²) in [6, 6.07) is 9.39. The van der Waals surface area contributed by atoms with Gasteiger partial charge in [-0.1, -0.05) is 35.3 Å². The molecule has 8 nitrogen and oxygen atoms in total. The first-order valence-corrected chi connectivity index (χ1v) is 13.9. The van der Waals surface area contributed by atoms with E-state index in [-0.39, 0.29) is 18.5 Å². The molecule has 0 aliphatic carbocycles. The molecule has 1 amide bonds. The molecule has 1 aliphatic rings. The first kappa shape index (κ1) is 27.6. The number of hydrogen-bond donors (Lipinski definition) is 2. The molecule has 0 radical (unpaired) electrons. The van der Waals surface area contributed by atoms with Crippen LogP contribution in [0.1, 0.15) is 40.5 Å². The molecule has 1 aromatic heterocycles. The van der Waals surface area contributed by atoms with E-state index in [9.17, 15) is 18.9 Å². The minimum atomic E-state index is -1.58. The summed E-state index contributed by atoms with van der Waals surface area (Å²) >= 11 is 12.7. The predicted molar refractivity (Wildman–Crippen MR) is 143 cm³/mol. The molecule has 2 aromatic carbocycles. The second-order valence-corrected chi connectivity index (χ2v) is 11.1. The van der Waals surface area contributed by atoms with Crippen LogP contribution < -0.4 is 5.32 Å². The van der Waals surface area contributed by atoms with E-state index in [1.807, 2.05) is 13.0 Å². The maximum atomic E-state index is 13.1. The molecule has 2 atom stereocenters. The number of aromatic nitrogens is 1. The number of nitrogens with one attached hydrogen (secondary N) is 1. The summed E-state index contributed by atoms with van der Waals surface area (Å²) in [6.07, 6.45) is 1.08. The fourth-order valence-electron chi connectivity index (χ4n) is 4.27. The number of nitrogens with zero attached hydrogens (tertiary/aromatic N) is 1.